The van der Waals surface area contributed by atoms with Gasteiger partial charge in [-0.05, 0) is 23.1 Å². The van der Waals surface area contributed by atoms with Crippen LogP contribution in [0, 0.1) is 0 Å². The fourth-order valence-corrected chi connectivity index (χ4v) is 2.76. The number of hydrogen-bond acceptors (Lipinski definition) is 3. The summed E-state index contributed by atoms with van der Waals surface area (Å²) in [5.74, 6) is 1.98. The molecule has 1 aliphatic rings. The second kappa shape index (κ2) is 5.30. The molecule has 1 aliphatic heterocycles. The van der Waals surface area contributed by atoms with Crippen molar-refractivity contribution in [1.29, 1.82) is 0 Å². The van der Waals surface area contributed by atoms with Gasteiger partial charge >= 0.3 is 0 Å². The predicted octanol–water partition coefficient (Wildman–Crippen LogP) is 1.33. The van der Waals surface area contributed by atoms with Gasteiger partial charge in [-0.15, -0.1) is 10.7 Å². The van der Waals surface area contributed by atoms with Gasteiger partial charge in [0.05, 0.1) is 13.0 Å². The summed E-state index contributed by atoms with van der Waals surface area (Å²) in [6.45, 7) is 1.95. The van der Waals surface area contributed by atoms with Gasteiger partial charge in [-0.25, -0.2) is 0 Å². The van der Waals surface area contributed by atoms with Crippen LogP contribution in [-0.4, -0.2) is 24.9 Å². The standard InChI is InChI=1S/C11H16N2OS/c1-14-11-4-2-10(3-5-11)8-13-15-7-6-12-9-15/h2-5,7,12-13H,6,8-9H2,1H3. The van der Waals surface area contributed by atoms with E-state index in [2.05, 4.69) is 27.5 Å². The fraction of sp³-hybridized carbons (Fsp3) is 0.364. The summed E-state index contributed by atoms with van der Waals surface area (Å²) in [4.78, 5) is 0. The van der Waals surface area contributed by atoms with Crippen LogP contribution in [0.15, 0.2) is 24.3 Å². The van der Waals surface area contributed by atoms with Gasteiger partial charge in [0.2, 0.25) is 0 Å². The molecule has 2 N–H and O–H groups in total. The van der Waals surface area contributed by atoms with E-state index in [-0.39, 0.29) is 10.7 Å². The van der Waals surface area contributed by atoms with Crippen LogP contribution in [0.2, 0.25) is 0 Å². The highest BCUT2D eigenvalue weighted by Crippen LogP contribution is 2.13. The van der Waals surface area contributed by atoms with Crippen molar-refractivity contribution in [2.24, 2.45) is 0 Å². The molecule has 3 nitrogen and oxygen atoms in total. The average molecular weight is 224 g/mol. The summed E-state index contributed by atoms with van der Waals surface area (Å²) in [6.07, 6.45) is 0. The minimum Gasteiger partial charge on any atom is -0.497 e. The molecule has 2 rings (SSSR count). The summed E-state index contributed by atoms with van der Waals surface area (Å²) >= 11 is 0. The van der Waals surface area contributed by atoms with Crippen LogP contribution in [0.1, 0.15) is 5.56 Å². The van der Waals surface area contributed by atoms with E-state index >= 15 is 0 Å². The van der Waals surface area contributed by atoms with Crippen LogP contribution >= 0.6 is 10.7 Å². The van der Waals surface area contributed by atoms with Crippen molar-refractivity contribution in [2.75, 3.05) is 19.5 Å². The SMILES string of the molecule is COc1ccc(CNS2=CCNC2)cc1. The van der Waals surface area contributed by atoms with Gasteiger partial charge in [-0.2, -0.15) is 0 Å². The predicted molar refractivity (Wildman–Crippen MR) is 66.4 cm³/mol. The fourth-order valence-electron chi connectivity index (χ4n) is 1.42. The van der Waals surface area contributed by atoms with E-state index in [1.807, 2.05) is 12.1 Å². The van der Waals surface area contributed by atoms with E-state index in [4.69, 9.17) is 4.74 Å². The highest BCUT2D eigenvalue weighted by molar-refractivity contribution is 8.13. The van der Waals surface area contributed by atoms with Gasteiger partial charge in [0.15, 0.2) is 0 Å². The van der Waals surface area contributed by atoms with E-state index in [9.17, 15) is 0 Å². The van der Waals surface area contributed by atoms with Crippen molar-refractivity contribution in [3.63, 3.8) is 0 Å². The minimum atomic E-state index is 0.248. The van der Waals surface area contributed by atoms with Gasteiger partial charge < -0.3 is 10.1 Å². The number of rotatable bonds is 4. The molecule has 0 amide bonds. The number of hydrogen-bond donors (Lipinski definition) is 2. The van der Waals surface area contributed by atoms with Crippen LogP contribution in [0.5, 0.6) is 5.75 Å². The Kier molecular flexibility index (Phi) is 3.77. The maximum atomic E-state index is 5.11. The lowest BCUT2D eigenvalue weighted by molar-refractivity contribution is 0.414. The van der Waals surface area contributed by atoms with Crippen LogP contribution in [0.3, 0.4) is 0 Å². The first-order valence-corrected chi connectivity index (χ1v) is 6.44. The third-order valence-corrected chi connectivity index (χ3v) is 3.91. The van der Waals surface area contributed by atoms with Crippen molar-refractivity contribution < 1.29 is 4.74 Å². The molecule has 15 heavy (non-hydrogen) atoms. The Bertz CT molecular complexity index is 348. The van der Waals surface area contributed by atoms with Gasteiger partial charge in [0.1, 0.15) is 5.75 Å². The first kappa shape index (κ1) is 10.7. The molecule has 0 fully saturated rings. The van der Waals surface area contributed by atoms with Crippen molar-refractivity contribution in [2.45, 2.75) is 6.54 Å². The molecule has 0 bridgehead atoms. The summed E-state index contributed by atoms with van der Waals surface area (Å²) in [5.41, 5.74) is 1.30. The molecule has 0 saturated heterocycles. The molecule has 4 heteroatoms. The molecule has 0 saturated carbocycles. The Morgan fingerprint density at radius 3 is 2.80 bits per heavy atom. The summed E-state index contributed by atoms with van der Waals surface area (Å²) < 4.78 is 8.62. The van der Waals surface area contributed by atoms with Gasteiger partial charge in [-0.1, -0.05) is 12.1 Å². The van der Waals surface area contributed by atoms with Crippen LogP contribution in [0.4, 0.5) is 0 Å². The van der Waals surface area contributed by atoms with E-state index in [0.717, 1.165) is 24.7 Å². The van der Waals surface area contributed by atoms with Crippen molar-refractivity contribution in [1.82, 2.24) is 10.0 Å². The molecule has 0 radical (unpaired) electrons. The molecule has 1 unspecified atom stereocenters. The molecule has 82 valence electrons. The van der Waals surface area contributed by atoms with Crippen molar-refractivity contribution >= 4 is 16.0 Å². The number of ether oxygens (including phenoxy) is 1. The molecular formula is C11H16N2OS. The lowest BCUT2D eigenvalue weighted by Gasteiger charge is -2.07. The summed E-state index contributed by atoms with van der Waals surface area (Å²) in [5, 5.41) is 5.60. The Balaban J connectivity index is 1.87. The van der Waals surface area contributed by atoms with E-state index in [1.54, 1.807) is 7.11 Å². The molecule has 1 aromatic carbocycles. The van der Waals surface area contributed by atoms with Gasteiger partial charge in [-0.3, -0.25) is 4.72 Å². The lowest BCUT2D eigenvalue weighted by atomic mass is 10.2. The van der Waals surface area contributed by atoms with Crippen molar-refractivity contribution in [3.05, 3.63) is 29.8 Å². The molecule has 1 heterocycles. The lowest BCUT2D eigenvalue weighted by Crippen LogP contribution is -2.11. The smallest absolute Gasteiger partial charge is 0.118 e. The molecule has 0 aromatic heterocycles. The molecule has 0 spiro atoms. The number of methoxy groups -OCH3 is 1. The Morgan fingerprint density at radius 2 is 2.20 bits per heavy atom. The third kappa shape index (κ3) is 3.06. The second-order valence-electron chi connectivity index (χ2n) is 3.36. The Labute approximate surface area is 92.9 Å². The van der Waals surface area contributed by atoms with Gasteiger partial charge in [0.25, 0.3) is 0 Å². The minimum absolute atomic E-state index is 0.248. The molecular weight excluding hydrogens is 208 g/mol. The Hall–Kier alpha value is -0.840. The third-order valence-electron chi connectivity index (χ3n) is 2.31. The quantitative estimate of drug-likeness (QED) is 0.757. The summed E-state index contributed by atoms with van der Waals surface area (Å²) in [6, 6.07) is 8.19. The van der Waals surface area contributed by atoms with Gasteiger partial charge in [0, 0.05) is 13.1 Å². The largest absolute Gasteiger partial charge is 0.497 e. The molecule has 0 aliphatic carbocycles. The Morgan fingerprint density at radius 1 is 1.40 bits per heavy atom. The van der Waals surface area contributed by atoms with E-state index in [1.165, 1.54) is 5.56 Å². The first-order chi connectivity index (χ1) is 7.38. The van der Waals surface area contributed by atoms with E-state index < -0.39 is 0 Å². The van der Waals surface area contributed by atoms with E-state index in [0.29, 0.717) is 0 Å². The monoisotopic (exact) mass is 224 g/mol. The van der Waals surface area contributed by atoms with Crippen LogP contribution in [-0.2, 0) is 6.54 Å². The zero-order valence-electron chi connectivity index (χ0n) is 8.82. The maximum Gasteiger partial charge on any atom is 0.118 e. The summed E-state index contributed by atoms with van der Waals surface area (Å²) in [7, 11) is 1.94. The highest BCUT2D eigenvalue weighted by Gasteiger charge is 2.01. The average Bonchev–Trinajstić information content (AvgIpc) is 2.80. The zero-order chi connectivity index (χ0) is 10.5. The maximum absolute atomic E-state index is 5.11. The molecule has 1 aromatic rings. The zero-order valence-corrected chi connectivity index (χ0v) is 9.64. The van der Waals surface area contributed by atoms with Crippen LogP contribution in [0.25, 0.3) is 0 Å². The first-order valence-electron chi connectivity index (χ1n) is 4.98. The highest BCUT2D eigenvalue weighted by atomic mass is 32.2. The molecule has 1 atom stereocenters. The van der Waals surface area contributed by atoms with Crippen LogP contribution < -0.4 is 14.8 Å². The topological polar surface area (TPSA) is 33.3 Å². The second-order valence-corrected chi connectivity index (χ2v) is 5.13. The normalized spacial score (nSPS) is 19.9. The number of nitrogens with one attached hydrogen (secondary N) is 2. The van der Waals surface area contributed by atoms with Crippen molar-refractivity contribution in [3.8, 4) is 5.75 Å². The number of benzene rings is 1.